The molecule has 1 aromatic heterocycles. The summed E-state index contributed by atoms with van der Waals surface area (Å²) >= 11 is 0. The fraction of sp³-hybridized carbons (Fsp3) is 0. The molecule has 0 radical (unpaired) electrons. The van der Waals surface area contributed by atoms with Gasteiger partial charge < -0.3 is 9.52 Å². The molecule has 1 aromatic carbocycles. The Kier molecular flexibility index (Phi) is 2.58. The van der Waals surface area contributed by atoms with Crippen LogP contribution >= 0.6 is 12.4 Å². The molecule has 3 nitrogen and oxygen atoms in total. The number of fused-ring (bicyclic) bond motifs is 1. The molecule has 0 saturated carbocycles. The van der Waals surface area contributed by atoms with Gasteiger partial charge in [0.05, 0.1) is 11.8 Å². The summed E-state index contributed by atoms with van der Waals surface area (Å²) in [7, 11) is 0. The normalized spacial score (nSPS) is 9.54. The highest BCUT2D eigenvalue weighted by atomic mass is 35.5. The molecule has 0 saturated heterocycles. The van der Waals surface area contributed by atoms with Crippen LogP contribution in [0.5, 0.6) is 0 Å². The lowest BCUT2D eigenvalue weighted by Crippen LogP contribution is -1.94. The van der Waals surface area contributed by atoms with E-state index in [-0.39, 0.29) is 18.0 Å². The van der Waals surface area contributed by atoms with Crippen molar-refractivity contribution in [2.24, 2.45) is 0 Å². The van der Waals surface area contributed by atoms with Gasteiger partial charge in [-0.2, -0.15) is 0 Å². The van der Waals surface area contributed by atoms with Crippen molar-refractivity contribution >= 4 is 29.3 Å². The van der Waals surface area contributed by atoms with E-state index in [0.29, 0.717) is 5.58 Å². The van der Waals surface area contributed by atoms with Gasteiger partial charge in [0.25, 0.3) is 0 Å². The second-order valence-corrected chi connectivity index (χ2v) is 2.48. The van der Waals surface area contributed by atoms with Crippen LogP contribution in [0.2, 0.25) is 0 Å². The number of hydrogen-bond acceptors (Lipinski definition) is 2. The molecular weight excluding hydrogens is 192 g/mol. The summed E-state index contributed by atoms with van der Waals surface area (Å²) in [5.74, 6) is -0.937. The number of rotatable bonds is 1. The van der Waals surface area contributed by atoms with Crippen molar-refractivity contribution in [3.05, 3.63) is 36.1 Å². The number of halogens is 1. The van der Waals surface area contributed by atoms with E-state index in [1.807, 2.05) is 0 Å². The Morgan fingerprint density at radius 1 is 1.31 bits per heavy atom. The maximum atomic E-state index is 10.5. The zero-order valence-corrected chi connectivity index (χ0v) is 7.38. The molecule has 0 aliphatic rings. The van der Waals surface area contributed by atoms with E-state index in [0.717, 1.165) is 5.39 Å². The lowest BCUT2D eigenvalue weighted by molar-refractivity contribution is 0.0697. The summed E-state index contributed by atoms with van der Waals surface area (Å²) < 4.78 is 5.05. The Morgan fingerprint density at radius 2 is 2.08 bits per heavy atom. The quantitative estimate of drug-likeness (QED) is 0.766. The zero-order chi connectivity index (χ0) is 8.55. The summed E-state index contributed by atoms with van der Waals surface area (Å²) in [6.07, 6.45) is 1.54. The third-order valence-corrected chi connectivity index (χ3v) is 1.70. The molecule has 0 fully saturated rings. The molecule has 68 valence electrons. The first-order valence-electron chi connectivity index (χ1n) is 3.48. The monoisotopic (exact) mass is 198 g/mol. The van der Waals surface area contributed by atoms with Crippen molar-refractivity contribution in [2.45, 2.75) is 0 Å². The van der Waals surface area contributed by atoms with Crippen molar-refractivity contribution < 1.29 is 14.3 Å². The van der Waals surface area contributed by atoms with Gasteiger partial charge in [0, 0.05) is 5.39 Å². The second-order valence-electron chi connectivity index (χ2n) is 2.48. The molecule has 2 aromatic rings. The van der Waals surface area contributed by atoms with Crippen LogP contribution in [0.15, 0.2) is 34.9 Å². The van der Waals surface area contributed by atoms with Crippen LogP contribution in [0, 0.1) is 0 Å². The Labute approximate surface area is 80.4 Å². The summed E-state index contributed by atoms with van der Waals surface area (Å²) in [5.41, 5.74) is 0.854. The minimum absolute atomic E-state index is 0. The smallest absolute Gasteiger partial charge is 0.335 e. The van der Waals surface area contributed by atoms with Crippen LogP contribution in [0.25, 0.3) is 11.0 Å². The molecule has 13 heavy (non-hydrogen) atoms. The predicted molar refractivity (Wildman–Crippen MR) is 50.4 cm³/mol. The van der Waals surface area contributed by atoms with Crippen molar-refractivity contribution in [1.82, 2.24) is 0 Å². The molecular formula is C9H7ClO3. The Bertz CT molecular complexity index is 433. The predicted octanol–water partition coefficient (Wildman–Crippen LogP) is 2.55. The largest absolute Gasteiger partial charge is 0.478 e. The first-order chi connectivity index (χ1) is 5.77. The number of carbonyl (C=O) groups is 1. The molecule has 1 heterocycles. The van der Waals surface area contributed by atoms with Gasteiger partial charge in [0.2, 0.25) is 0 Å². The second kappa shape index (κ2) is 3.49. The van der Waals surface area contributed by atoms with Crippen molar-refractivity contribution in [2.75, 3.05) is 0 Å². The highest BCUT2D eigenvalue weighted by molar-refractivity contribution is 5.92. The minimum atomic E-state index is -0.937. The van der Waals surface area contributed by atoms with Crippen LogP contribution in [0.1, 0.15) is 10.4 Å². The highest BCUT2D eigenvalue weighted by Crippen LogP contribution is 2.16. The number of carboxylic acids is 1. The van der Waals surface area contributed by atoms with E-state index in [1.165, 1.54) is 12.3 Å². The van der Waals surface area contributed by atoms with E-state index in [9.17, 15) is 4.79 Å². The average molecular weight is 199 g/mol. The molecule has 0 spiro atoms. The number of aromatic carboxylic acids is 1. The molecule has 4 heteroatoms. The van der Waals surface area contributed by atoms with Gasteiger partial charge in [0.1, 0.15) is 5.58 Å². The van der Waals surface area contributed by atoms with Gasteiger partial charge in [-0.1, -0.05) is 6.07 Å². The fourth-order valence-electron chi connectivity index (χ4n) is 1.09. The number of carboxylic acid groups (broad SMARTS) is 1. The number of benzene rings is 1. The van der Waals surface area contributed by atoms with Crippen LogP contribution in [0.3, 0.4) is 0 Å². The van der Waals surface area contributed by atoms with Crippen LogP contribution in [0.4, 0.5) is 0 Å². The first kappa shape index (κ1) is 9.61. The van der Waals surface area contributed by atoms with Crippen molar-refractivity contribution in [3.8, 4) is 0 Å². The molecule has 2 rings (SSSR count). The van der Waals surface area contributed by atoms with Gasteiger partial charge in [-0.25, -0.2) is 4.79 Å². The van der Waals surface area contributed by atoms with Crippen molar-refractivity contribution in [1.29, 1.82) is 0 Å². The minimum Gasteiger partial charge on any atom is -0.478 e. The lowest BCUT2D eigenvalue weighted by atomic mass is 10.2. The van der Waals surface area contributed by atoms with E-state index < -0.39 is 5.97 Å². The number of furan rings is 1. The summed E-state index contributed by atoms with van der Waals surface area (Å²) in [6, 6.07) is 6.58. The van der Waals surface area contributed by atoms with Crippen LogP contribution in [-0.2, 0) is 0 Å². The maximum absolute atomic E-state index is 10.5. The van der Waals surface area contributed by atoms with Gasteiger partial charge in [-0.05, 0) is 18.2 Å². The molecule has 1 N–H and O–H groups in total. The third-order valence-electron chi connectivity index (χ3n) is 1.70. The zero-order valence-electron chi connectivity index (χ0n) is 6.56. The van der Waals surface area contributed by atoms with E-state index >= 15 is 0 Å². The van der Waals surface area contributed by atoms with E-state index in [4.69, 9.17) is 9.52 Å². The molecule has 0 atom stereocenters. The Morgan fingerprint density at radius 3 is 2.77 bits per heavy atom. The van der Waals surface area contributed by atoms with Crippen LogP contribution < -0.4 is 0 Å². The highest BCUT2D eigenvalue weighted by Gasteiger charge is 2.04. The molecule has 0 aliphatic heterocycles. The first-order valence-corrected chi connectivity index (χ1v) is 3.48. The van der Waals surface area contributed by atoms with Gasteiger partial charge >= 0.3 is 5.97 Å². The molecule has 0 unspecified atom stereocenters. The third kappa shape index (κ3) is 1.65. The van der Waals surface area contributed by atoms with Gasteiger partial charge in [-0.15, -0.1) is 12.4 Å². The Balaban J connectivity index is 0.000000845. The fourth-order valence-corrected chi connectivity index (χ4v) is 1.09. The SMILES string of the molecule is Cl.O=C(O)c1ccc2ccoc2c1. The summed E-state index contributed by atoms with van der Waals surface area (Å²) in [6.45, 7) is 0. The molecule has 0 bridgehead atoms. The molecule has 0 aliphatic carbocycles. The maximum Gasteiger partial charge on any atom is 0.335 e. The Hall–Kier alpha value is -1.48. The van der Waals surface area contributed by atoms with E-state index in [2.05, 4.69) is 0 Å². The molecule has 0 amide bonds. The van der Waals surface area contributed by atoms with E-state index in [1.54, 1.807) is 18.2 Å². The summed E-state index contributed by atoms with van der Waals surface area (Å²) in [4.78, 5) is 10.5. The van der Waals surface area contributed by atoms with Crippen LogP contribution in [-0.4, -0.2) is 11.1 Å². The number of hydrogen-bond donors (Lipinski definition) is 1. The lowest BCUT2D eigenvalue weighted by Gasteiger charge is -1.92. The average Bonchev–Trinajstić information content (AvgIpc) is 2.49. The van der Waals surface area contributed by atoms with Crippen molar-refractivity contribution in [3.63, 3.8) is 0 Å². The summed E-state index contributed by atoms with van der Waals surface area (Å²) in [5, 5.41) is 9.56. The van der Waals surface area contributed by atoms with Gasteiger partial charge in [0.15, 0.2) is 0 Å². The topological polar surface area (TPSA) is 50.4 Å². The van der Waals surface area contributed by atoms with Gasteiger partial charge in [-0.3, -0.25) is 0 Å². The standard InChI is InChI=1S/C9H6O3.ClH/c10-9(11)7-2-1-6-3-4-12-8(6)5-7;/h1-5H,(H,10,11);1H.